The first-order chi connectivity index (χ1) is 11.9. The average molecular weight is 446 g/mol. The fraction of sp³-hybridized carbons (Fsp3) is 0.312. The molecule has 1 saturated heterocycles. The van der Waals surface area contributed by atoms with Gasteiger partial charge in [0.2, 0.25) is 0 Å². The number of carbonyl (C=O) groups is 2. The second-order valence-corrected chi connectivity index (χ2v) is 7.59. The van der Waals surface area contributed by atoms with Crippen molar-refractivity contribution >= 4 is 62.2 Å². The molecule has 1 amide bonds. The number of carbonyl (C=O) groups excluding carboxylic acids is 1. The van der Waals surface area contributed by atoms with Crippen molar-refractivity contribution in [1.82, 2.24) is 4.90 Å². The van der Waals surface area contributed by atoms with Crippen molar-refractivity contribution in [1.29, 1.82) is 0 Å². The number of aliphatic carboxylic acids is 1. The summed E-state index contributed by atoms with van der Waals surface area (Å²) in [6.45, 7) is 0.293. The minimum atomic E-state index is -0.893. The average Bonchev–Trinajstić information content (AvgIpc) is 2.83. The van der Waals surface area contributed by atoms with Gasteiger partial charge in [0.25, 0.3) is 5.91 Å². The lowest BCUT2D eigenvalue weighted by Gasteiger charge is -2.13. The van der Waals surface area contributed by atoms with Crippen LogP contribution in [0.25, 0.3) is 6.08 Å². The first-order valence-electron chi connectivity index (χ1n) is 7.26. The van der Waals surface area contributed by atoms with Crippen LogP contribution in [0.4, 0.5) is 0 Å². The summed E-state index contributed by atoms with van der Waals surface area (Å²) in [6.07, 6.45) is 2.08. The number of benzene rings is 1. The maximum atomic E-state index is 12.5. The van der Waals surface area contributed by atoms with Crippen LogP contribution >= 0.6 is 39.9 Å². The standard InChI is InChI=1S/C16H16BrNO5S2/c1-22-11-6-9(10(17)8-12(11)23-2)7-13-15(21)18(16(24)25-13)5-3-4-14(19)20/h6-8H,3-5H2,1-2H3,(H,19,20)/b13-7-. The van der Waals surface area contributed by atoms with Gasteiger partial charge in [0.1, 0.15) is 4.32 Å². The summed E-state index contributed by atoms with van der Waals surface area (Å²) >= 11 is 9.88. The van der Waals surface area contributed by atoms with E-state index in [9.17, 15) is 9.59 Å². The van der Waals surface area contributed by atoms with Crippen LogP contribution < -0.4 is 9.47 Å². The van der Waals surface area contributed by atoms with Crippen LogP contribution in [0.15, 0.2) is 21.5 Å². The molecule has 0 atom stereocenters. The number of hydrogen-bond donors (Lipinski definition) is 1. The van der Waals surface area contributed by atoms with E-state index in [1.165, 1.54) is 23.8 Å². The predicted octanol–water partition coefficient (Wildman–Crippen LogP) is 3.53. The van der Waals surface area contributed by atoms with Gasteiger partial charge in [-0.1, -0.05) is 39.9 Å². The number of rotatable bonds is 7. The zero-order chi connectivity index (χ0) is 18.6. The number of ether oxygens (including phenoxy) is 2. The highest BCUT2D eigenvalue weighted by molar-refractivity contribution is 9.10. The van der Waals surface area contributed by atoms with Crippen molar-refractivity contribution in [3.63, 3.8) is 0 Å². The van der Waals surface area contributed by atoms with E-state index in [4.69, 9.17) is 26.8 Å². The van der Waals surface area contributed by atoms with Gasteiger partial charge in [-0.05, 0) is 30.2 Å². The Bertz CT molecular complexity index is 750. The Balaban J connectivity index is 2.23. The Labute approximate surface area is 163 Å². The van der Waals surface area contributed by atoms with Crippen molar-refractivity contribution in [2.24, 2.45) is 0 Å². The highest BCUT2D eigenvalue weighted by Gasteiger charge is 2.31. The Kier molecular flexibility index (Phi) is 6.86. The van der Waals surface area contributed by atoms with Gasteiger partial charge in [-0.25, -0.2) is 0 Å². The second kappa shape index (κ2) is 8.68. The molecule has 0 aromatic heterocycles. The van der Waals surface area contributed by atoms with Crippen molar-refractivity contribution < 1.29 is 24.2 Å². The number of carboxylic acids is 1. The number of carboxylic acid groups (broad SMARTS) is 1. The zero-order valence-corrected chi connectivity index (χ0v) is 16.8. The molecule has 1 aliphatic heterocycles. The van der Waals surface area contributed by atoms with Crippen LogP contribution in [0.2, 0.25) is 0 Å². The number of nitrogens with zero attached hydrogens (tertiary/aromatic N) is 1. The summed E-state index contributed by atoms with van der Waals surface area (Å²) < 4.78 is 11.7. The molecule has 2 rings (SSSR count). The summed E-state index contributed by atoms with van der Waals surface area (Å²) in [5.74, 6) is 0.0129. The van der Waals surface area contributed by atoms with E-state index in [2.05, 4.69) is 15.9 Å². The van der Waals surface area contributed by atoms with Crippen molar-refractivity contribution in [2.45, 2.75) is 12.8 Å². The number of thiocarbonyl (C=S) groups is 1. The molecule has 1 aliphatic rings. The lowest BCUT2D eigenvalue weighted by molar-refractivity contribution is -0.137. The number of hydrogen-bond acceptors (Lipinski definition) is 6. The minimum Gasteiger partial charge on any atom is -0.493 e. The molecule has 1 aromatic rings. The summed E-state index contributed by atoms with van der Waals surface area (Å²) in [6, 6.07) is 3.53. The summed E-state index contributed by atoms with van der Waals surface area (Å²) in [7, 11) is 3.09. The third-order valence-electron chi connectivity index (χ3n) is 3.44. The quantitative estimate of drug-likeness (QED) is 0.507. The molecule has 1 N–H and O–H groups in total. The summed E-state index contributed by atoms with van der Waals surface area (Å²) in [5.41, 5.74) is 0.753. The van der Waals surface area contributed by atoms with Crippen molar-refractivity contribution in [3.8, 4) is 11.5 Å². The normalized spacial score (nSPS) is 15.8. The Morgan fingerprint density at radius 3 is 2.60 bits per heavy atom. The third-order valence-corrected chi connectivity index (χ3v) is 5.50. The molecule has 25 heavy (non-hydrogen) atoms. The Hall–Kier alpha value is -1.58. The predicted molar refractivity (Wildman–Crippen MR) is 104 cm³/mol. The highest BCUT2D eigenvalue weighted by atomic mass is 79.9. The second-order valence-electron chi connectivity index (χ2n) is 5.06. The van der Waals surface area contributed by atoms with Gasteiger partial charge < -0.3 is 14.6 Å². The van der Waals surface area contributed by atoms with Crippen molar-refractivity contribution in [2.75, 3.05) is 20.8 Å². The molecular weight excluding hydrogens is 430 g/mol. The van der Waals surface area contributed by atoms with E-state index >= 15 is 0 Å². The van der Waals surface area contributed by atoms with E-state index in [1.54, 1.807) is 25.3 Å². The molecule has 0 bridgehead atoms. The van der Waals surface area contributed by atoms with Gasteiger partial charge in [0, 0.05) is 17.4 Å². The highest BCUT2D eigenvalue weighted by Crippen LogP contribution is 2.38. The van der Waals surface area contributed by atoms with E-state index in [1.807, 2.05) is 0 Å². The first-order valence-corrected chi connectivity index (χ1v) is 9.27. The maximum Gasteiger partial charge on any atom is 0.303 e. The van der Waals surface area contributed by atoms with Gasteiger partial charge in [0.15, 0.2) is 11.5 Å². The van der Waals surface area contributed by atoms with Crippen LogP contribution in [0.1, 0.15) is 18.4 Å². The third kappa shape index (κ3) is 4.74. The van der Waals surface area contributed by atoms with Crippen LogP contribution in [-0.4, -0.2) is 47.0 Å². The van der Waals surface area contributed by atoms with Crippen LogP contribution in [0.3, 0.4) is 0 Å². The van der Waals surface area contributed by atoms with Crippen LogP contribution in [0.5, 0.6) is 11.5 Å². The van der Waals surface area contributed by atoms with Gasteiger partial charge in [-0.15, -0.1) is 0 Å². The summed E-state index contributed by atoms with van der Waals surface area (Å²) in [5, 5.41) is 8.71. The maximum absolute atomic E-state index is 12.5. The topological polar surface area (TPSA) is 76.1 Å². The lowest BCUT2D eigenvalue weighted by atomic mass is 10.2. The molecule has 0 radical (unpaired) electrons. The molecule has 9 heteroatoms. The smallest absolute Gasteiger partial charge is 0.303 e. The first kappa shape index (κ1) is 19.7. The molecule has 0 aliphatic carbocycles. The fourth-order valence-electron chi connectivity index (χ4n) is 2.20. The van der Waals surface area contributed by atoms with Crippen molar-refractivity contribution in [3.05, 3.63) is 27.1 Å². The van der Waals surface area contributed by atoms with E-state index in [-0.39, 0.29) is 12.3 Å². The minimum absolute atomic E-state index is 0.00264. The largest absolute Gasteiger partial charge is 0.493 e. The Morgan fingerprint density at radius 1 is 1.36 bits per heavy atom. The molecule has 0 saturated carbocycles. The number of amides is 1. The molecule has 0 spiro atoms. The SMILES string of the molecule is COc1cc(Br)c(/C=C2\SC(=S)N(CCCC(=O)O)C2=O)cc1OC. The van der Waals surface area contributed by atoms with Gasteiger partial charge in [-0.3, -0.25) is 14.5 Å². The molecule has 1 fully saturated rings. The van der Waals surface area contributed by atoms with Crippen LogP contribution in [0, 0.1) is 0 Å². The van der Waals surface area contributed by atoms with E-state index in [0.29, 0.717) is 33.7 Å². The van der Waals surface area contributed by atoms with E-state index < -0.39 is 5.97 Å². The monoisotopic (exact) mass is 445 g/mol. The fourth-order valence-corrected chi connectivity index (χ4v) is 3.94. The molecular formula is C16H16BrNO5S2. The Morgan fingerprint density at radius 2 is 2.00 bits per heavy atom. The van der Waals surface area contributed by atoms with Gasteiger partial charge >= 0.3 is 5.97 Å². The van der Waals surface area contributed by atoms with Gasteiger partial charge in [-0.2, -0.15) is 0 Å². The molecule has 1 heterocycles. The summed E-state index contributed by atoms with van der Waals surface area (Å²) in [4.78, 5) is 25.0. The number of methoxy groups -OCH3 is 2. The molecule has 6 nitrogen and oxygen atoms in total. The molecule has 1 aromatic carbocycles. The lowest BCUT2D eigenvalue weighted by Crippen LogP contribution is -2.29. The molecule has 0 unspecified atom stereocenters. The van der Waals surface area contributed by atoms with Gasteiger partial charge in [0.05, 0.1) is 19.1 Å². The molecule has 134 valence electrons. The van der Waals surface area contributed by atoms with E-state index in [0.717, 1.165) is 10.0 Å². The zero-order valence-electron chi connectivity index (χ0n) is 13.6. The number of thioether (sulfide) groups is 1. The van der Waals surface area contributed by atoms with Crippen LogP contribution in [-0.2, 0) is 9.59 Å². The number of halogens is 1.